The number of aromatic nitrogens is 4. The monoisotopic (exact) mass is 546 g/mol. The molecule has 0 radical (unpaired) electrons. The maximum absolute atomic E-state index is 15.9. The molecule has 8 nitrogen and oxygen atoms in total. The van der Waals surface area contributed by atoms with Gasteiger partial charge in [-0.1, -0.05) is 0 Å². The summed E-state index contributed by atoms with van der Waals surface area (Å²) in [6, 6.07) is 4.76. The van der Waals surface area contributed by atoms with Crippen LogP contribution >= 0.6 is 11.3 Å². The van der Waals surface area contributed by atoms with Crippen LogP contribution in [0.1, 0.15) is 70.8 Å². The van der Waals surface area contributed by atoms with Crippen LogP contribution in [0.5, 0.6) is 5.75 Å². The van der Waals surface area contributed by atoms with Gasteiger partial charge in [0.2, 0.25) is 0 Å². The predicted octanol–water partition coefficient (Wildman–Crippen LogP) is 5.43. The van der Waals surface area contributed by atoms with Gasteiger partial charge in [0.15, 0.2) is 11.7 Å². The highest BCUT2D eigenvalue weighted by Crippen LogP contribution is 2.49. The summed E-state index contributed by atoms with van der Waals surface area (Å²) in [7, 11) is 0. The van der Waals surface area contributed by atoms with E-state index in [0.29, 0.717) is 40.6 Å². The molecule has 2 fully saturated rings. The van der Waals surface area contributed by atoms with Gasteiger partial charge in [0, 0.05) is 22.1 Å². The molecule has 7 rings (SSSR count). The maximum atomic E-state index is 15.9. The Bertz CT molecular complexity index is 1560. The Labute approximate surface area is 230 Å². The molecule has 0 amide bonds. The minimum Gasteiger partial charge on any atom is -0.490 e. The maximum Gasteiger partial charge on any atom is 0.196 e. The highest BCUT2D eigenvalue weighted by molar-refractivity contribution is 7.15. The smallest absolute Gasteiger partial charge is 0.196 e. The number of fused-ring (bicyclic) bond motifs is 3. The minimum atomic E-state index is -0.439. The van der Waals surface area contributed by atoms with Gasteiger partial charge in [-0.25, -0.2) is 9.37 Å². The molecule has 0 bridgehead atoms. The fourth-order valence-corrected chi connectivity index (χ4v) is 7.55. The Hall–Kier alpha value is -3.37. The number of benzene rings is 1. The number of hydrogen-bond acceptors (Lipinski definition) is 8. The van der Waals surface area contributed by atoms with E-state index in [9.17, 15) is 0 Å². The highest BCUT2D eigenvalue weighted by Gasteiger charge is 2.46. The zero-order valence-electron chi connectivity index (χ0n) is 22.3. The number of oxazole rings is 1. The molecule has 39 heavy (non-hydrogen) atoms. The molecule has 10 heteroatoms. The average Bonchev–Trinajstić information content (AvgIpc) is 3.60. The summed E-state index contributed by atoms with van der Waals surface area (Å²) in [6.07, 6.45) is 8.19. The molecule has 3 aromatic heterocycles. The number of thiophene rings is 1. The molecule has 1 aromatic carbocycles. The van der Waals surface area contributed by atoms with Crippen LogP contribution in [0.15, 0.2) is 40.1 Å². The number of nitrogens with zero attached hydrogens (tertiary/aromatic N) is 5. The van der Waals surface area contributed by atoms with E-state index in [1.807, 2.05) is 17.6 Å². The van der Waals surface area contributed by atoms with Crippen molar-refractivity contribution in [2.45, 2.75) is 65.0 Å². The second-order valence-electron chi connectivity index (χ2n) is 11.1. The third kappa shape index (κ3) is 4.21. The first-order valence-corrected chi connectivity index (χ1v) is 14.4. The van der Waals surface area contributed by atoms with E-state index in [1.54, 1.807) is 29.9 Å². The predicted molar refractivity (Wildman–Crippen MR) is 147 cm³/mol. The van der Waals surface area contributed by atoms with E-state index in [-0.39, 0.29) is 11.9 Å². The number of piperidine rings is 1. The molecular weight excluding hydrogens is 515 g/mol. The summed E-state index contributed by atoms with van der Waals surface area (Å²) in [5.74, 6) is 2.23. The summed E-state index contributed by atoms with van der Waals surface area (Å²) < 4.78 is 29.7. The number of ether oxygens (including phenoxy) is 1. The lowest BCUT2D eigenvalue weighted by atomic mass is 9.62. The number of halogens is 1. The van der Waals surface area contributed by atoms with Crippen LogP contribution in [-0.4, -0.2) is 44.7 Å². The lowest BCUT2D eigenvalue weighted by molar-refractivity contribution is -0.0348. The van der Waals surface area contributed by atoms with E-state index >= 15 is 4.39 Å². The molecule has 4 aromatic rings. The summed E-state index contributed by atoms with van der Waals surface area (Å²) in [4.78, 5) is 10.6. The van der Waals surface area contributed by atoms with Gasteiger partial charge in [-0.3, -0.25) is 9.56 Å². The largest absolute Gasteiger partial charge is 0.490 e. The van der Waals surface area contributed by atoms with Gasteiger partial charge < -0.3 is 14.5 Å². The minimum absolute atomic E-state index is 0.148. The molecule has 1 atom stereocenters. The summed E-state index contributed by atoms with van der Waals surface area (Å²) >= 11 is 1.65. The van der Waals surface area contributed by atoms with Crippen molar-refractivity contribution in [2.75, 3.05) is 13.1 Å². The van der Waals surface area contributed by atoms with Crippen molar-refractivity contribution in [1.29, 1.82) is 0 Å². The fraction of sp³-hybridized carbons (Fsp3) is 0.448. The molecular formula is C29H31FN6O2S. The van der Waals surface area contributed by atoms with E-state index in [1.165, 1.54) is 18.9 Å². The molecule has 1 spiro atoms. The molecule has 1 N–H and O–H groups in total. The van der Waals surface area contributed by atoms with Gasteiger partial charge in [-0.05, 0) is 82.7 Å². The Morgan fingerprint density at radius 3 is 2.74 bits per heavy atom. The lowest BCUT2D eigenvalue weighted by Gasteiger charge is -2.49. The Morgan fingerprint density at radius 2 is 2.00 bits per heavy atom. The van der Waals surface area contributed by atoms with Gasteiger partial charge in [-0.15, -0.1) is 21.5 Å². The van der Waals surface area contributed by atoms with Gasteiger partial charge in [0.25, 0.3) is 0 Å². The highest BCUT2D eigenvalue weighted by atomic mass is 32.1. The topological polar surface area (TPSA) is 90.4 Å². The first-order chi connectivity index (χ1) is 18.9. The van der Waals surface area contributed by atoms with Crippen LogP contribution in [0.3, 0.4) is 0 Å². The number of aliphatic imine (C=N–C) groups is 1. The Balaban J connectivity index is 1.25. The second-order valence-corrected chi connectivity index (χ2v) is 12.3. The molecule has 2 aliphatic heterocycles. The van der Waals surface area contributed by atoms with Crippen molar-refractivity contribution in [2.24, 2.45) is 10.4 Å². The quantitative estimate of drug-likeness (QED) is 0.359. The SMILES string of the molecule is Cc1sc2c(c1C)C(c1ccc(OC3CC4(CCNCC4)C3)cc1F)=N[C@@H](Cc1ncco1)c1nnc(C)n1-2. The fourth-order valence-electron chi connectivity index (χ4n) is 6.34. The van der Waals surface area contributed by atoms with E-state index in [2.05, 4.69) is 34.3 Å². The first kappa shape index (κ1) is 24.7. The summed E-state index contributed by atoms with van der Waals surface area (Å²) in [5, 5.41) is 13.2. The lowest BCUT2D eigenvalue weighted by Crippen LogP contribution is -2.49. The van der Waals surface area contributed by atoms with Crippen molar-refractivity contribution in [3.8, 4) is 10.8 Å². The molecule has 0 unspecified atom stereocenters. The average molecular weight is 547 g/mol. The number of aryl methyl sites for hydroxylation is 2. The van der Waals surface area contributed by atoms with Crippen LogP contribution in [-0.2, 0) is 6.42 Å². The molecule has 5 heterocycles. The van der Waals surface area contributed by atoms with Gasteiger partial charge in [0.1, 0.15) is 34.7 Å². The van der Waals surface area contributed by atoms with E-state index in [0.717, 1.165) is 52.8 Å². The Morgan fingerprint density at radius 1 is 1.18 bits per heavy atom. The van der Waals surface area contributed by atoms with Crippen molar-refractivity contribution in [3.05, 3.63) is 75.6 Å². The standard InChI is InChI=1S/C29H31FN6O2S/c1-16-17(2)39-28-25(16)26(33-23(13-24-32-10-11-37-24)27-35-34-18(3)36(27)28)21-5-4-19(12-22(21)30)38-20-14-29(15-20)6-8-31-9-7-29/h4-5,10-12,20,23,31H,6-9,13-15H2,1-3H3/t23-/m0/s1. The molecule has 1 aliphatic carbocycles. The third-order valence-corrected chi connectivity index (χ3v) is 9.77. The van der Waals surface area contributed by atoms with Crippen LogP contribution < -0.4 is 10.1 Å². The van der Waals surface area contributed by atoms with Gasteiger partial charge >= 0.3 is 0 Å². The first-order valence-electron chi connectivity index (χ1n) is 13.6. The summed E-state index contributed by atoms with van der Waals surface area (Å²) in [6.45, 7) is 8.23. The van der Waals surface area contributed by atoms with E-state index < -0.39 is 6.04 Å². The van der Waals surface area contributed by atoms with Crippen LogP contribution in [0.2, 0.25) is 0 Å². The molecule has 3 aliphatic rings. The van der Waals surface area contributed by atoms with Crippen molar-refractivity contribution in [3.63, 3.8) is 0 Å². The molecule has 1 saturated carbocycles. The summed E-state index contributed by atoms with van der Waals surface area (Å²) in [5.41, 5.74) is 3.45. The van der Waals surface area contributed by atoms with Crippen molar-refractivity contribution in [1.82, 2.24) is 25.1 Å². The van der Waals surface area contributed by atoms with Crippen LogP contribution in [0, 0.1) is 32.0 Å². The van der Waals surface area contributed by atoms with Gasteiger partial charge in [-0.2, -0.15) is 0 Å². The zero-order valence-corrected chi connectivity index (χ0v) is 23.1. The van der Waals surface area contributed by atoms with Crippen molar-refractivity contribution < 1.29 is 13.5 Å². The van der Waals surface area contributed by atoms with E-state index in [4.69, 9.17) is 14.1 Å². The van der Waals surface area contributed by atoms with Crippen molar-refractivity contribution >= 4 is 17.0 Å². The Kier molecular flexibility index (Phi) is 5.93. The normalized spacial score (nSPS) is 20.2. The van der Waals surface area contributed by atoms with Gasteiger partial charge in [0.05, 0.1) is 24.4 Å². The van der Waals surface area contributed by atoms with Crippen LogP contribution in [0.25, 0.3) is 5.00 Å². The third-order valence-electron chi connectivity index (χ3n) is 8.57. The second kappa shape index (κ2) is 9.38. The number of hydrogen-bond donors (Lipinski definition) is 1. The number of nitrogens with one attached hydrogen (secondary N) is 1. The van der Waals surface area contributed by atoms with Crippen LogP contribution in [0.4, 0.5) is 4.39 Å². The molecule has 1 saturated heterocycles. The zero-order chi connectivity index (χ0) is 26.7. The number of rotatable bonds is 5. The molecule has 202 valence electrons.